The molecule has 1 aromatic carbocycles. The molecule has 0 spiro atoms. The number of benzene rings is 1. The van der Waals surface area contributed by atoms with Gasteiger partial charge in [0, 0.05) is 29.1 Å². The van der Waals surface area contributed by atoms with Crippen LogP contribution in [-0.2, 0) is 9.53 Å². The third-order valence-electron chi connectivity index (χ3n) is 4.72. The minimum absolute atomic E-state index is 0.0379. The number of hydrogen-bond donors (Lipinski definition) is 5. The van der Waals surface area contributed by atoms with Gasteiger partial charge in [0.2, 0.25) is 11.9 Å². The summed E-state index contributed by atoms with van der Waals surface area (Å²) in [5.74, 6) is 0.355. The van der Waals surface area contributed by atoms with Gasteiger partial charge in [0.1, 0.15) is 5.69 Å². The lowest BCUT2D eigenvalue weighted by Gasteiger charge is -2.13. The molecule has 11 heteroatoms. The van der Waals surface area contributed by atoms with Crippen molar-refractivity contribution in [3.63, 3.8) is 0 Å². The number of nitrogens with one attached hydrogen (secondary N) is 4. The molecule has 1 fully saturated rings. The normalized spacial score (nSPS) is 12.8. The lowest BCUT2D eigenvalue weighted by molar-refractivity contribution is -0.117. The highest BCUT2D eigenvalue weighted by Gasteiger charge is 2.29. The smallest absolute Gasteiger partial charge is 0.359 e. The number of H-pyrrole nitrogens is 1. The first kappa shape index (κ1) is 21.1. The van der Waals surface area contributed by atoms with Crippen LogP contribution in [0, 0.1) is 12.8 Å². The Hall–Kier alpha value is -4.15. The van der Waals surface area contributed by atoms with Gasteiger partial charge in [-0.1, -0.05) is 0 Å². The van der Waals surface area contributed by atoms with Crippen LogP contribution < -0.4 is 21.7 Å². The molecule has 1 aliphatic carbocycles. The first-order chi connectivity index (χ1) is 15.4. The largest absolute Gasteiger partial charge is 0.461 e. The molecule has 32 heavy (non-hydrogen) atoms. The molecule has 2 heterocycles. The highest BCUT2D eigenvalue weighted by Crippen LogP contribution is 2.30. The number of aromatic amines is 1. The lowest BCUT2D eigenvalue weighted by atomic mass is 10.2. The Morgan fingerprint density at radius 3 is 2.50 bits per heavy atom. The van der Waals surface area contributed by atoms with E-state index in [0.717, 1.165) is 18.5 Å². The number of carbonyl (C=O) groups is 2. The van der Waals surface area contributed by atoms with Crippen LogP contribution in [0.5, 0.6) is 0 Å². The third kappa shape index (κ3) is 4.94. The van der Waals surface area contributed by atoms with Crippen molar-refractivity contribution in [2.45, 2.75) is 26.7 Å². The van der Waals surface area contributed by atoms with Crippen molar-refractivity contribution in [2.75, 3.05) is 28.3 Å². The Balaban J connectivity index is 1.57. The maximum atomic E-state index is 12.4. The minimum atomic E-state index is -0.658. The Kier molecular flexibility index (Phi) is 5.88. The Labute approximate surface area is 184 Å². The van der Waals surface area contributed by atoms with Crippen LogP contribution in [0.15, 0.2) is 30.3 Å². The molecule has 0 saturated heterocycles. The zero-order valence-corrected chi connectivity index (χ0v) is 17.7. The topological polar surface area (TPSA) is 160 Å². The molecular weight excluding hydrogens is 412 g/mol. The molecule has 0 bridgehead atoms. The standard InChI is InChI=1S/C21H24N8O3/c1-3-32-20(31)17-16(22)18(25-15-10-11(2)28-29-15)27-21(26-17)24-14-8-6-13(7-9-14)23-19(30)12-4-5-12/h6-10,12H,3-5,22H2,1-2H3,(H,23,30)(H3,24,25,26,27,28,29). The van der Waals surface area contributed by atoms with E-state index < -0.39 is 5.97 Å². The van der Waals surface area contributed by atoms with E-state index in [-0.39, 0.29) is 41.6 Å². The quantitative estimate of drug-likeness (QED) is 0.334. The van der Waals surface area contributed by atoms with E-state index in [2.05, 4.69) is 36.1 Å². The van der Waals surface area contributed by atoms with Crippen molar-refractivity contribution < 1.29 is 14.3 Å². The second kappa shape index (κ2) is 8.92. The Morgan fingerprint density at radius 2 is 1.88 bits per heavy atom. The van der Waals surface area contributed by atoms with Gasteiger partial charge in [0.05, 0.1) is 6.61 Å². The molecule has 3 aromatic rings. The van der Waals surface area contributed by atoms with E-state index in [4.69, 9.17) is 10.5 Å². The number of ether oxygens (including phenoxy) is 1. The van der Waals surface area contributed by atoms with Crippen molar-refractivity contribution in [3.8, 4) is 0 Å². The average Bonchev–Trinajstić information content (AvgIpc) is 3.54. The number of anilines is 6. The van der Waals surface area contributed by atoms with Crippen LogP contribution in [0.25, 0.3) is 0 Å². The van der Waals surface area contributed by atoms with Crippen molar-refractivity contribution in [1.82, 2.24) is 20.2 Å². The summed E-state index contributed by atoms with van der Waals surface area (Å²) in [7, 11) is 0. The number of nitrogen functional groups attached to an aromatic ring is 1. The average molecular weight is 436 g/mol. The first-order valence-corrected chi connectivity index (χ1v) is 10.2. The lowest BCUT2D eigenvalue weighted by Crippen LogP contribution is -2.15. The Morgan fingerprint density at radius 1 is 1.16 bits per heavy atom. The third-order valence-corrected chi connectivity index (χ3v) is 4.72. The predicted molar refractivity (Wildman–Crippen MR) is 120 cm³/mol. The molecule has 6 N–H and O–H groups in total. The van der Waals surface area contributed by atoms with Gasteiger partial charge in [-0.15, -0.1) is 0 Å². The maximum Gasteiger partial charge on any atom is 0.359 e. The maximum absolute atomic E-state index is 12.4. The highest BCUT2D eigenvalue weighted by molar-refractivity contribution is 5.96. The van der Waals surface area contributed by atoms with E-state index in [9.17, 15) is 9.59 Å². The van der Waals surface area contributed by atoms with Crippen LogP contribution >= 0.6 is 0 Å². The fraction of sp³-hybridized carbons (Fsp3) is 0.286. The molecule has 1 saturated carbocycles. The van der Waals surface area contributed by atoms with Crippen molar-refractivity contribution >= 4 is 46.5 Å². The molecular formula is C21H24N8O3. The number of carbonyl (C=O) groups excluding carboxylic acids is 2. The summed E-state index contributed by atoms with van der Waals surface area (Å²) in [5.41, 5.74) is 8.33. The number of rotatable bonds is 8. The van der Waals surface area contributed by atoms with E-state index in [0.29, 0.717) is 17.2 Å². The summed E-state index contributed by atoms with van der Waals surface area (Å²) in [5, 5.41) is 15.8. The van der Waals surface area contributed by atoms with Gasteiger partial charge in [0.15, 0.2) is 17.3 Å². The molecule has 11 nitrogen and oxygen atoms in total. The summed E-state index contributed by atoms with van der Waals surface area (Å²) in [6.45, 7) is 3.74. The number of hydrogen-bond acceptors (Lipinski definition) is 9. The van der Waals surface area contributed by atoms with Gasteiger partial charge in [-0.2, -0.15) is 10.1 Å². The van der Waals surface area contributed by atoms with E-state index in [1.54, 1.807) is 37.3 Å². The molecule has 0 unspecified atom stereocenters. The fourth-order valence-corrected chi connectivity index (χ4v) is 2.93. The number of esters is 1. The van der Waals surface area contributed by atoms with Crippen LogP contribution in [0.2, 0.25) is 0 Å². The van der Waals surface area contributed by atoms with Gasteiger partial charge in [-0.25, -0.2) is 9.78 Å². The number of aryl methyl sites for hydroxylation is 1. The van der Waals surface area contributed by atoms with Gasteiger partial charge < -0.3 is 26.4 Å². The van der Waals surface area contributed by atoms with Gasteiger partial charge in [-0.3, -0.25) is 9.89 Å². The summed E-state index contributed by atoms with van der Waals surface area (Å²) in [4.78, 5) is 32.9. The molecule has 0 aliphatic heterocycles. The second-order valence-electron chi connectivity index (χ2n) is 7.41. The van der Waals surface area contributed by atoms with Gasteiger partial charge >= 0.3 is 5.97 Å². The van der Waals surface area contributed by atoms with Gasteiger partial charge in [0.25, 0.3) is 0 Å². The zero-order chi connectivity index (χ0) is 22.7. The first-order valence-electron chi connectivity index (χ1n) is 10.2. The van der Waals surface area contributed by atoms with E-state index in [1.165, 1.54) is 0 Å². The number of nitrogens with two attached hydrogens (primary N) is 1. The molecule has 2 aromatic heterocycles. The van der Waals surface area contributed by atoms with Gasteiger partial charge in [-0.05, 0) is 51.0 Å². The SMILES string of the molecule is CCOC(=O)c1nc(Nc2ccc(NC(=O)C3CC3)cc2)nc(Nc2cc(C)[nH]n2)c1N. The fourth-order valence-electron chi connectivity index (χ4n) is 2.93. The number of aromatic nitrogens is 4. The van der Waals surface area contributed by atoms with E-state index in [1.807, 2.05) is 6.92 Å². The molecule has 1 amide bonds. The summed E-state index contributed by atoms with van der Waals surface area (Å²) >= 11 is 0. The number of nitrogens with zero attached hydrogens (tertiary/aromatic N) is 3. The Bertz CT molecular complexity index is 1140. The molecule has 0 radical (unpaired) electrons. The van der Waals surface area contributed by atoms with Crippen LogP contribution in [0.4, 0.5) is 34.6 Å². The van der Waals surface area contributed by atoms with Crippen LogP contribution in [0.1, 0.15) is 35.9 Å². The molecule has 4 rings (SSSR count). The summed E-state index contributed by atoms with van der Waals surface area (Å²) in [6.07, 6.45) is 1.88. The zero-order valence-electron chi connectivity index (χ0n) is 17.7. The van der Waals surface area contributed by atoms with Crippen LogP contribution in [0.3, 0.4) is 0 Å². The van der Waals surface area contributed by atoms with Crippen molar-refractivity contribution in [3.05, 3.63) is 41.7 Å². The summed E-state index contributed by atoms with van der Waals surface area (Å²) < 4.78 is 5.07. The monoisotopic (exact) mass is 436 g/mol. The van der Waals surface area contributed by atoms with Crippen molar-refractivity contribution in [2.24, 2.45) is 5.92 Å². The molecule has 1 aliphatic rings. The number of amides is 1. The predicted octanol–water partition coefficient (Wildman–Crippen LogP) is 3.10. The summed E-state index contributed by atoms with van der Waals surface area (Å²) in [6, 6.07) is 8.87. The second-order valence-corrected chi connectivity index (χ2v) is 7.41. The highest BCUT2D eigenvalue weighted by atomic mass is 16.5. The molecule has 166 valence electrons. The van der Waals surface area contributed by atoms with Crippen LogP contribution in [-0.4, -0.2) is 38.6 Å². The van der Waals surface area contributed by atoms with E-state index >= 15 is 0 Å². The van der Waals surface area contributed by atoms with Crippen molar-refractivity contribution in [1.29, 1.82) is 0 Å². The molecule has 0 atom stereocenters. The minimum Gasteiger partial charge on any atom is -0.461 e.